The van der Waals surface area contributed by atoms with Crippen LogP contribution in [-0.2, 0) is 21.7 Å². The third-order valence-corrected chi connectivity index (χ3v) is 6.34. The van der Waals surface area contributed by atoms with Gasteiger partial charge in [0.15, 0.2) is 0 Å². The van der Waals surface area contributed by atoms with Gasteiger partial charge in [-0.05, 0) is 41.8 Å². The molecule has 0 radical (unpaired) electrons. The highest BCUT2D eigenvalue weighted by atomic mass is 16.2. The lowest BCUT2D eigenvalue weighted by molar-refractivity contribution is -0.133. The number of anilines is 1. The number of carbonyl (C=O) groups is 3. The van der Waals surface area contributed by atoms with Crippen molar-refractivity contribution >= 4 is 34.4 Å². The maximum Gasteiger partial charge on any atom is 0.325 e. The van der Waals surface area contributed by atoms with Crippen LogP contribution >= 0.6 is 0 Å². The summed E-state index contributed by atoms with van der Waals surface area (Å²) in [6, 6.07) is 22.5. The normalized spacial score (nSPS) is 17.6. The van der Waals surface area contributed by atoms with Gasteiger partial charge < -0.3 is 10.6 Å². The summed E-state index contributed by atoms with van der Waals surface area (Å²) in [5, 5.41) is 11.8. The number of fused-ring (bicyclic) bond motifs is 1. The van der Waals surface area contributed by atoms with Crippen LogP contribution in [0.3, 0.4) is 0 Å². The molecule has 0 spiro atoms. The zero-order valence-electron chi connectivity index (χ0n) is 19.5. The largest absolute Gasteiger partial charge is 0.325 e. The molecule has 1 fully saturated rings. The first-order valence-electron chi connectivity index (χ1n) is 11.3. The highest BCUT2D eigenvalue weighted by Gasteiger charge is 2.49. The van der Waals surface area contributed by atoms with Gasteiger partial charge in [-0.3, -0.25) is 14.5 Å². The van der Waals surface area contributed by atoms with Gasteiger partial charge in [-0.1, -0.05) is 66.2 Å². The summed E-state index contributed by atoms with van der Waals surface area (Å²) in [6.07, 6.45) is 1.59. The number of benzene rings is 3. The predicted octanol–water partition coefficient (Wildman–Crippen LogP) is 3.80. The van der Waals surface area contributed by atoms with Crippen molar-refractivity contribution in [2.24, 2.45) is 0 Å². The summed E-state index contributed by atoms with van der Waals surface area (Å²) in [7, 11) is 0. The summed E-state index contributed by atoms with van der Waals surface area (Å²) in [5.74, 6) is -0.470. The zero-order chi connectivity index (χ0) is 24.6. The number of amides is 4. The van der Waals surface area contributed by atoms with E-state index in [0.717, 1.165) is 26.8 Å². The molecule has 0 bridgehead atoms. The number of nitrogens with one attached hydrogen (secondary N) is 2. The molecule has 3 aromatic carbocycles. The molecule has 4 amide bonds. The second-order valence-electron chi connectivity index (χ2n) is 8.92. The average molecular weight is 468 g/mol. The van der Waals surface area contributed by atoms with Crippen molar-refractivity contribution in [3.05, 3.63) is 95.7 Å². The minimum Gasteiger partial charge on any atom is -0.319 e. The zero-order valence-corrected chi connectivity index (χ0v) is 19.5. The Morgan fingerprint density at radius 1 is 1.00 bits per heavy atom. The van der Waals surface area contributed by atoms with Gasteiger partial charge in [0.25, 0.3) is 5.91 Å². The van der Waals surface area contributed by atoms with Gasteiger partial charge in [0.05, 0.1) is 12.7 Å². The minimum atomic E-state index is -1.26. The van der Waals surface area contributed by atoms with Crippen molar-refractivity contribution in [2.45, 2.75) is 25.9 Å². The van der Waals surface area contributed by atoms with Gasteiger partial charge in [-0.2, -0.15) is 5.10 Å². The van der Waals surface area contributed by atoms with Crippen LogP contribution in [0.15, 0.2) is 79.0 Å². The minimum absolute atomic E-state index is 0.399. The maximum absolute atomic E-state index is 13.3. The van der Waals surface area contributed by atoms with E-state index in [-0.39, 0.29) is 0 Å². The molecular weight excluding hydrogens is 442 g/mol. The van der Waals surface area contributed by atoms with Crippen LogP contribution in [0.25, 0.3) is 10.8 Å². The molecule has 2 heterocycles. The second-order valence-corrected chi connectivity index (χ2v) is 8.92. The molecule has 0 aliphatic carbocycles. The molecular formula is C27H25N5O3. The van der Waals surface area contributed by atoms with Crippen molar-refractivity contribution in [3.63, 3.8) is 0 Å². The quantitative estimate of drug-likeness (QED) is 0.422. The number of imide groups is 1. The van der Waals surface area contributed by atoms with E-state index in [4.69, 9.17) is 0 Å². The highest BCUT2D eigenvalue weighted by molar-refractivity contribution is 6.10. The Bertz CT molecular complexity index is 1440. The summed E-state index contributed by atoms with van der Waals surface area (Å²) in [4.78, 5) is 39.8. The van der Waals surface area contributed by atoms with E-state index in [9.17, 15) is 14.4 Å². The van der Waals surface area contributed by atoms with E-state index in [2.05, 4.69) is 15.7 Å². The predicted molar refractivity (Wildman–Crippen MR) is 133 cm³/mol. The SMILES string of the molecule is Cc1ccc(Cn2nccc2NC(=O)CN2C(=O)NC(C)(c3ccc4ccccc4c3)C2=O)cc1. The summed E-state index contributed by atoms with van der Waals surface area (Å²) >= 11 is 0. The van der Waals surface area contributed by atoms with Gasteiger partial charge >= 0.3 is 6.03 Å². The fourth-order valence-electron chi connectivity index (χ4n) is 4.29. The van der Waals surface area contributed by atoms with Gasteiger partial charge in [-0.15, -0.1) is 0 Å². The molecule has 4 aromatic rings. The van der Waals surface area contributed by atoms with E-state index >= 15 is 0 Å². The van der Waals surface area contributed by atoms with E-state index in [1.54, 1.807) is 23.9 Å². The molecule has 1 aliphatic heterocycles. The van der Waals surface area contributed by atoms with Gasteiger partial charge in [0.1, 0.15) is 17.9 Å². The molecule has 0 saturated carbocycles. The smallest absolute Gasteiger partial charge is 0.319 e. The standard InChI is InChI=1S/C27H25N5O3/c1-18-7-9-19(10-8-18)16-32-23(13-14-28-32)29-24(33)17-31-25(34)27(2,30-26(31)35)22-12-11-20-5-3-4-6-21(20)15-22/h3-15H,16-17H2,1-2H3,(H,29,33)(H,30,35). The highest BCUT2D eigenvalue weighted by Crippen LogP contribution is 2.31. The molecule has 1 saturated heterocycles. The molecule has 5 rings (SSSR count). The topological polar surface area (TPSA) is 96.3 Å². The Labute approximate surface area is 202 Å². The summed E-state index contributed by atoms with van der Waals surface area (Å²) in [6.45, 7) is 3.76. The first-order chi connectivity index (χ1) is 16.8. The first kappa shape index (κ1) is 22.3. The van der Waals surface area contributed by atoms with Crippen molar-refractivity contribution in [3.8, 4) is 0 Å². The molecule has 176 valence electrons. The van der Waals surface area contributed by atoms with Crippen molar-refractivity contribution in [2.75, 3.05) is 11.9 Å². The van der Waals surface area contributed by atoms with Crippen LogP contribution in [0.2, 0.25) is 0 Å². The van der Waals surface area contributed by atoms with Crippen molar-refractivity contribution < 1.29 is 14.4 Å². The number of nitrogens with zero attached hydrogens (tertiary/aromatic N) is 3. The number of aryl methyl sites for hydroxylation is 1. The monoisotopic (exact) mass is 467 g/mol. The van der Waals surface area contributed by atoms with Crippen LogP contribution in [0.5, 0.6) is 0 Å². The number of carbonyl (C=O) groups excluding carboxylic acids is 3. The molecule has 8 heteroatoms. The third kappa shape index (κ3) is 4.26. The Kier molecular flexibility index (Phi) is 5.56. The Morgan fingerprint density at radius 3 is 2.51 bits per heavy atom. The van der Waals surface area contributed by atoms with E-state index in [1.807, 2.05) is 73.7 Å². The van der Waals surface area contributed by atoms with Crippen LogP contribution in [-0.4, -0.2) is 39.1 Å². The first-order valence-corrected chi connectivity index (χ1v) is 11.3. The van der Waals surface area contributed by atoms with E-state index < -0.39 is 29.9 Å². The number of hydrogen-bond donors (Lipinski definition) is 2. The Morgan fingerprint density at radius 2 is 1.74 bits per heavy atom. The van der Waals surface area contributed by atoms with E-state index in [0.29, 0.717) is 17.9 Å². The summed E-state index contributed by atoms with van der Waals surface area (Å²) in [5.41, 5.74) is 1.60. The molecule has 1 atom stereocenters. The average Bonchev–Trinajstić information content (AvgIpc) is 3.37. The fraction of sp³-hybridized carbons (Fsp3) is 0.185. The van der Waals surface area contributed by atoms with E-state index in [1.165, 1.54) is 0 Å². The van der Waals surface area contributed by atoms with Crippen molar-refractivity contribution in [1.29, 1.82) is 0 Å². The lowest BCUT2D eigenvalue weighted by Gasteiger charge is -2.22. The molecule has 2 N–H and O–H groups in total. The second kappa shape index (κ2) is 8.72. The molecule has 1 aromatic heterocycles. The van der Waals surface area contributed by atoms with Gasteiger partial charge in [0.2, 0.25) is 5.91 Å². The molecule has 1 unspecified atom stereocenters. The Balaban J connectivity index is 1.29. The van der Waals surface area contributed by atoms with Crippen LogP contribution in [0.1, 0.15) is 23.6 Å². The van der Waals surface area contributed by atoms with Gasteiger partial charge in [-0.25, -0.2) is 9.48 Å². The Hall–Kier alpha value is -4.46. The molecule has 35 heavy (non-hydrogen) atoms. The number of hydrogen-bond acceptors (Lipinski definition) is 4. The third-order valence-electron chi connectivity index (χ3n) is 6.34. The maximum atomic E-state index is 13.3. The lowest BCUT2D eigenvalue weighted by Crippen LogP contribution is -2.42. The summed E-state index contributed by atoms with van der Waals surface area (Å²) < 4.78 is 1.66. The van der Waals surface area contributed by atoms with Crippen LogP contribution < -0.4 is 10.6 Å². The lowest BCUT2D eigenvalue weighted by atomic mass is 9.90. The number of rotatable bonds is 6. The fourth-order valence-corrected chi connectivity index (χ4v) is 4.29. The molecule has 8 nitrogen and oxygen atoms in total. The van der Waals surface area contributed by atoms with Gasteiger partial charge in [0, 0.05) is 6.07 Å². The molecule has 1 aliphatic rings. The number of aromatic nitrogens is 2. The van der Waals surface area contributed by atoms with Crippen LogP contribution in [0.4, 0.5) is 10.6 Å². The van der Waals surface area contributed by atoms with Crippen molar-refractivity contribution in [1.82, 2.24) is 20.0 Å². The number of urea groups is 1. The van der Waals surface area contributed by atoms with Crippen LogP contribution in [0, 0.1) is 6.92 Å².